The fourth-order valence-corrected chi connectivity index (χ4v) is 6.44. The predicted molar refractivity (Wildman–Crippen MR) is 108 cm³/mol. The van der Waals surface area contributed by atoms with Gasteiger partial charge in [-0.1, -0.05) is 30.3 Å². The third kappa shape index (κ3) is 3.47. The Kier molecular flexibility index (Phi) is 4.48. The minimum absolute atomic E-state index is 0.0289. The van der Waals surface area contributed by atoms with Crippen LogP contribution < -0.4 is 5.32 Å². The van der Waals surface area contributed by atoms with Crippen LogP contribution in [-0.2, 0) is 9.59 Å². The van der Waals surface area contributed by atoms with E-state index in [4.69, 9.17) is 0 Å². The molecule has 148 valence electrons. The molecule has 5 heteroatoms. The van der Waals surface area contributed by atoms with Gasteiger partial charge in [0.05, 0.1) is 12.3 Å². The zero-order valence-corrected chi connectivity index (χ0v) is 16.4. The molecule has 1 heterocycles. The molecule has 0 atom stereocenters. The quantitative estimate of drug-likeness (QED) is 0.851. The number of benzene rings is 1. The average molecular weight is 380 g/mol. The molecule has 4 bridgehead atoms. The van der Waals surface area contributed by atoms with Crippen molar-refractivity contribution in [2.45, 2.75) is 63.3 Å². The fraction of sp³-hybridized carbons (Fsp3) is 0.609. The highest BCUT2D eigenvalue weighted by Gasteiger charge is 2.51. The van der Waals surface area contributed by atoms with E-state index >= 15 is 0 Å². The summed E-state index contributed by atoms with van der Waals surface area (Å²) in [7, 11) is 0. The lowest BCUT2D eigenvalue weighted by Crippen LogP contribution is -2.59. The van der Waals surface area contributed by atoms with Crippen LogP contribution in [0.1, 0.15) is 63.4 Å². The number of hydrogen-bond acceptors (Lipinski definition) is 3. The van der Waals surface area contributed by atoms with E-state index in [-0.39, 0.29) is 30.2 Å². The predicted octanol–water partition coefficient (Wildman–Crippen LogP) is 3.49. The van der Waals surface area contributed by atoms with Gasteiger partial charge in [0, 0.05) is 24.8 Å². The maximum Gasteiger partial charge on any atom is 0.243 e. The summed E-state index contributed by atoms with van der Waals surface area (Å²) >= 11 is 0. The lowest BCUT2D eigenvalue weighted by Gasteiger charge is -2.56. The van der Waals surface area contributed by atoms with E-state index in [0.29, 0.717) is 6.54 Å². The first kappa shape index (κ1) is 17.9. The number of rotatable bonds is 5. The maximum absolute atomic E-state index is 12.6. The van der Waals surface area contributed by atoms with Crippen molar-refractivity contribution in [1.82, 2.24) is 10.3 Å². The second kappa shape index (κ2) is 7.02. The van der Waals surface area contributed by atoms with Gasteiger partial charge in [-0.2, -0.15) is 5.10 Å². The maximum atomic E-state index is 12.6. The van der Waals surface area contributed by atoms with Crippen LogP contribution in [0.3, 0.4) is 0 Å². The zero-order valence-electron chi connectivity index (χ0n) is 16.4. The number of carbonyl (C=O) groups excluding carboxylic acids is 2. The van der Waals surface area contributed by atoms with Crippen molar-refractivity contribution in [2.24, 2.45) is 22.9 Å². The number of hydrogen-bond donors (Lipinski definition) is 1. The van der Waals surface area contributed by atoms with Gasteiger partial charge in [0.15, 0.2) is 0 Å². The lowest BCUT2D eigenvalue weighted by atomic mass is 9.53. The molecule has 0 spiro atoms. The highest BCUT2D eigenvalue weighted by atomic mass is 16.2. The molecule has 4 aliphatic carbocycles. The summed E-state index contributed by atoms with van der Waals surface area (Å²) in [5.74, 6) is 2.42. The minimum Gasteiger partial charge on any atom is -0.351 e. The molecular formula is C23H29N3O2. The average Bonchev–Trinajstić information content (AvgIpc) is 3.16. The first-order valence-electron chi connectivity index (χ1n) is 10.8. The molecule has 1 N–H and O–H groups in total. The Morgan fingerprint density at radius 2 is 1.64 bits per heavy atom. The first-order valence-corrected chi connectivity index (χ1v) is 10.8. The van der Waals surface area contributed by atoms with E-state index in [1.165, 1.54) is 19.3 Å². The Balaban J connectivity index is 1.14. The smallest absolute Gasteiger partial charge is 0.243 e. The van der Waals surface area contributed by atoms with Crippen LogP contribution in [0.2, 0.25) is 0 Å². The van der Waals surface area contributed by atoms with Crippen molar-refractivity contribution in [3.05, 3.63) is 35.9 Å². The van der Waals surface area contributed by atoms with E-state index < -0.39 is 0 Å². The van der Waals surface area contributed by atoms with Crippen LogP contribution in [0.15, 0.2) is 35.4 Å². The lowest BCUT2D eigenvalue weighted by molar-refractivity contribution is -0.134. The summed E-state index contributed by atoms with van der Waals surface area (Å²) in [6, 6.07) is 9.98. The molecule has 0 unspecified atom stereocenters. The van der Waals surface area contributed by atoms with Gasteiger partial charge in [0.1, 0.15) is 0 Å². The van der Waals surface area contributed by atoms with E-state index in [9.17, 15) is 9.59 Å². The summed E-state index contributed by atoms with van der Waals surface area (Å²) in [4.78, 5) is 25.1. The van der Waals surface area contributed by atoms with E-state index in [1.807, 2.05) is 30.3 Å². The Bertz CT molecular complexity index is 766. The molecule has 0 aromatic heterocycles. The summed E-state index contributed by atoms with van der Waals surface area (Å²) in [5, 5.41) is 9.39. The molecule has 0 saturated heterocycles. The Morgan fingerprint density at radius 3 is 2.29 bits per heavy atom. The highest BCUT2D eigenvalue weighted by Crippen LogP contribution is 2.55. The van der Waals surface area contributed by atoms with Crippen LogP contribution in [0.25, 0.3) is 0 Å². The van der Waals surface area contributed by atoms with Crippen molar-refractivity contribution in [3.63, 3.8) is 0 Å². The second-order valence-corrected chi connectivity index (χ2v) is 9.43. The molecule has 5 nitrogen and oxygen atoms in total. The van der Waals surface area contributed by atoms with Crippen molar-refractivity contribution in [2.75, 3.05) is 6.54 Å². The van der Waals surface area contributed by atoms with Gasteiger partial charge in [-0.05, 0) is 61.8 Å². The Labute approximate surface area is 166 Å². The summed E-state index contributed by atoms with van der Waals surface area (Å²) in [6.07, 6.45) is 8.83. The summed E-state index contributed by atoms with van der Waals surface area (Å²) in [6.45, 7) is 0.611. The molecule has 2 amide bonds. The van der Waals surface area contributed by atoms with Gasteiger partial charge < -0.3 is 5.32 Å². The molecular weight excluding hydrogens is 350 g/mol. The molecule has 1 aliphatic heterocycles. The van der Waals surface area contributed by atoms with Crippen molar-refractivity contribution in [3.8, 4) is 0 Å². The molecule has 4 saturated carbocycles. The Morgan fingerprint density at radius 1 is 1.00 bits per heavy atom. The van der Waals surface area contributed by atoms with E-state index in [1.54, 1.807) is 5.01 Å². The van der Waals surface area contributed by atoms with Crippen molar-refractivity contribution >= 4 is 17.5 Å². The van der Waals surface area contributed by atoms with Crippen molar-refractivity contribution in [1.29, 1.82) is 0 Å². The third-order valence-corrected chi connectivity index (χ3v) is 7.21. The largest absolute Gasteiger partial charge is 0.351 e. The summed E-state index contributed by atoms with van der Waals surface area (Å²) < 4.78 is 0. The minimum atomic E-state index is -0.0495. The van der Waals surface area contributed by atoms with E-state index in [0.717, 1.165) is 54.7 Å². The zero-order chi connectivity index (χ0) is 19.1. The Hall–Kier alpha value is -2.17. The highest BCUT2D eigenvalue weighted by molar-refractivity contribution is 6.02. The van der Waals surface area contributed by atoms with Gasteiger partial charge >= 0.3 is 0 Å². The van der Waals surface area contributed by atoms with Gasteiger partial charge in [-0.3, -0.25) is 9.59 Å². The monoisotopic (exact) mass is 379 g/mol. The number of amides is 2. The topological polar surface area (TPSA) is 61.8 Å². The molecule has 6 rings (SSSR count). The van der Waals surface area contributed by atoms with Gasteiger partial charge in [-0.15, -0.1) is 0 Å². The second-order valence-electron chi connectivity index (χ2n) is 9.43. The van der Waals surface area contributed by atoms with Crippen molar-refractivity contribution < 1.29 is 9.59 Å². The fourth-order valence-electron chi connectivity index (χ4n) is 6.44. The van der Waals surface area contributed by atoms with Crippen LogP contribution in [0.5, 0.6) is 0 Å². The van der Waals surface area contributed by atoms with Crippen LogP contribution in [-0.4, -0.2) is 34.6 Å². The first-order chi connectivity index (χ1) is 13.6. The molecule has 1 aromatic carbocycles. The molecule has 1 aromatic rings. The van der Waals surface area contributed by atoms with Crippen LogP contribution in [0.4, 0.5) is 0 Å². The molecule has 4 fully saturated rings. The van der Waals surface area contributed by atoms with Gasteiger partial charge in [0.25, 0.3) is 0 Å². The normalized spacial score (nSPS) is 33.1. The van der Waals surface area contributed by atoms with Gasteiger partial charge in [-0.25, -0.2) is 5.01 Å². The number of hydrazone groups is 1. The number of nitrogens with one attached hydrogen (secondary N) is 1. The van der Waals surface area contributed by atoms with Crippen LogP contribution in [0, 0.1) is 17.8 Å². The molecule has 5 aliphatic rings. The standard InChI is InChI=1S/C23H29N3O2/c27-21(24-23-13-16-10-17(14-23)12-18(11-16)15-23)6-7-22(28)26-9-8-20(25-26)19-4-2-1-3-5-19/h1-5,16-18H,6-15H2,(H,24,27). The third-order valence-electron chi connectivity index (χ3n) is 7.21. The number of nitrogens with zero attached hydrogens (tertiary/aromatic N) is 2. The summed E-state index contributed by atoms with van der Waals surface area (Å²) in [5.41, 5.74) is 2.05. The van der Waals surface area contributed by atoms with E-state index in [2.05, 4.69) is 10.4 Å². The van der Waals surface area contributed by atoms with Crippen LogP contribution >= 0.6 is 0 Å². The SMILES string of the molecule is O=C(CCC(=O)N1CCC(c2ccccc2)=N1)NC12CC3CC(CC(C3)C1)C2. The van der Waals surface area contributed by atoms with Gasteiger partial charge in [0.2, 0.25) is 11.8 Å². The molecule has 28 heavy (non-hydrogen) atoms. The number of carbonyl (C=O) groups is 2. The molecule has 0 radical (unpaired) electrons.